The largest absolute Gasteiger partial charge is 0.352 e. The smallest absolute Gasteiger partial charge is 0.223 e. The Hall–Kier alpha value is -2.98. The minimum Gasteiger partial charge on any atom is -0.352 e. The van der Waals surface area contributed by atoms with Gasteiger partial charge in [0.25, 0.3) is 0 Å². The molecule has 1 heterocycles. The summed E-state index contributed by atoms with van der Waals surface area (Å²) in [5, 5.41) is 3.02. The highest BCUT2D eigenvalue weighted by atomic mass is 19.1. The third-order valence-corrected chi connectivity index (χ3v) is 6.45. The number of rotatable bonds is 4. The Kier molecular flexibility index (Phi) is 5.09. The molecule has 1 fully saturated rings. The van der Waals surface area contributed by atoms with Crippen LogP contribution in [-0.4, -0.2) is 23.9 Å². The lowest BCUT2D eigenvalue weighted by atomic mass is 9.92. The van der Waals surface area contributed by atoms with Crippen LogP contribution in [-0.2, 0) is 11.3 Å². The fraction of sp³-hybridized carbons (Fsp3) is 0.269. The number of hydrogen-bond donors (Lipinski definition) is 1. The SMILES string of the molecule is O=C(NCc1ccc(F)cc1)C1CCN(C2c3ccccc3-c3ccccc32)CC1. The van der Waals surface area contributed by atoms with Crippen LogP contribution >= 0.6 is 0 Å². The van der Waals surface area contributed by atoms with Crippen molar-refractivity contribution >= 4 is 5.91 Å². The summed E-state index contributed by atoms with van der Waals surface area (Å²) >= 11 is 0. The maximum absolute atomic E-state index is 13.0. The summed E-state index contributed by atoms with van der Waals surface area (Å²) in [6.07, 6.45) is 1.71. The molecule has 1 saturated heterocycles. The molecule has 152 valence electrons. The summed E-state index contributed by atoms with van der Waals surface area (Å²) < 4.78 is 13.0. The number of hydrogen-bond acceptors (Lipinski definition) is 2. The number of carbonyl (C=O) groups is 1. The Labute approximate surface area is 176 Å². The summed E-state index contributed by atoms with van der Waals surface area (Å²) in [6, 6.07) is 23.9. The maximum atomic E-state index is 13.0. The van der Waals surface area contributed by atoms with Gasteiger partial charge in [-0.2, -0.15) is 0 Å². The Morgan fingerprint density at radius 3 is 2.03 bits per heavy atom. The Morgan fingerprint density at radius 1 is 0.867 bits per heavy atom. The predicted molar refractivity (Wildman–Crippen MR) is 116 cm³/mol. The third kappa shape index (κ3) is 3.52. The van der Waals surface area contributed by atoms with Gasteiger partial charge in [-0.05, 0) is 65.9 Å². The summed E-state index contributed by atoms with van der Waals surface area (Å²) in [5.74, 6) is -0.118. The Morgan fingerprint density at radius 2 is 1.43 bits per heavy atom. The van der Waals surface area contributed by atoms with E-state index in [1.807, 2.05) is 0 Å². The monoisotopic (exact) mass is 400 g/mol. The van der Waals surface area contributed by atoms with E-state index in [4.69, 9.17) is 0 Å². The first-order valence-electron chi connectivity index (χ1n) is 10.6. The molecule has 1 amide bonds. The van der Waals surface area contributed by atoms with Crippen molar-refractivity contribution in [1.29, 1.82) is 0 Å². The summed E-state index contributed by atoms with van der Waals surface area (Å²) in [6.45, 7) is 2.26. The minimum atomic E-state index is -0.257. The molecule has 4 heteroatoms. The Bertz CT molecular complexity index is 1010. The molecule has 2 aliphatic rings. The molecule has 3 aromatic rings. The van der Waals surface area contributed by atoms with Gasteiger partial charge < -0.3 is 5.32 Å². The van der Waals surface area contributed by atoms with E-state index in [0.29, 0.717) is 6.54 Å². The molecule has 0 bridgehead atoms. The van der Waals surface area contributed by atoms with Gasteiger partial charge in [-0.25, -0.2) is 4.39 Å². The third-order valence-electron chi connectivity index (χ3n) is 6.45. The van der Waals surface area contributed by atoms with E-state index in [2.05, 4.69) is 58.7 Å². The van der Waals surface area contributed by atoms with Gasteiger partial charge in [0.15, 0.2) is 0 Å². The van der Waals surface area contributed by atoms with Gasteiger partial charge in [-0.15, -0.1) is 0 Å². The molecule has 1 aliphatic carbocycles. The number of likely N-dealkylation sites (tertiary alicyclic amines) is 1. The number of carbonyl (C=O) groups excluding carboxylic acids is 1. The van der Waals surface area contributed by atoms with E-state index in [1.54, 1.807) is 12.1 Å². The van der Waals surface area contributed by atoms with E-state index in [9.17, 15) is 9.18 Å². The van der Waals surface area contributed by atoms with Crippen LogP contribution in [0.15, 0.2) is 72.8 Å². The second-order valence-corrected chi connectivity index (χ2v) is 8.23. The topological polar surface area (TPSA) is 32.3 Å². The summed E-state index contributed by atoms with van der Waals surface area (Å²) in [7, 11) is 0. The molecule has 30 heavy (non-hydrogen) atoms. The van der Waals surface area contributed by atoms with E-state index in [1.165, 1.54) is 34.4 Å². The van der Waals surface area contributed by atoms with Gasteiger partial charge >= 0.3 is 0 Å². The molecular formula is C26H25FN2O. The lowest BCUT2D eigenvalue weighted by Crippen LogP contribution is -2.41. The zero-order valence-electron chi connectivity index (χ0n) is 16.9. The predicted octanol–water partition coefficient (Wildman–Crippen LogP) is 4.92. The fourth-order valence-corrected chi connectivity index (χ4v) is 4.88. The highest BCUT2D eigenvalue weighted by molar-refractivity contribution is 5.79. The van der Waals surface area contributed by atoms with Gasteiger partial charge in [0.1, 0.15) is 5.82 Å². The van der Waals surface area contributed by atoms with Crippen LogP contribution in [0.3, 0.4) is 0 Å². The van der Waals surface area contributed by atoms with Crippen molar-refractivity contribution in [3.05, 3.63) is 95.3 Å². The number of fused-ring (bicyclic) bond motifs is 3. The van der Waals surface area contributed by atoms with Crippen molar-refractivity contribution in [1.82, 2.24) is 10.2 Å². The van der Waals surface area contributed by atoms with Gasteiger partial charge in [-0.3, -0.25) is 9.69 Å². The number of halogens is 1. The average molecular weight is 400 g/mol. The molecule has 1 N–H and O–H groups in total. The summed E-state index contributed by atoms with van der Waals surface area (Å²) in [4.78, 5) is 15.2. The molecule has 0 aromatic heterocycles. The highest BCUT2D eigenvalue weighted by Crippen LogP contribution is 2.46. The van der Waals surface area contributed by atoms with Crippen molar-refractivity contribution < 1.29 is 9.18 Å². The summed E-state index contributed by atoms with van der Waals surface area (Å²) in [5.41, 5.74) is 6.33. The van der Waals surface area contributed by atoms with Crippen LogP contribution in [0, 0.1) is 11.7 Å². The van der Waals surface area contributed by atoms with E-state index in [-0.39, 0.29) is 23.7 Å². The van der Waals surface area contributed by atoms with Crippen molar-refractivity contribution in [3.63, 3.8) is 0 Å². The van der Waals surface area contributed by atoms with E-state index < -0.39 is 0 Å². The lowest BCUT2D eigenvalue weighted by molar-refractivity contribution is -0.126. The average Bonchev–Trinajstić information content (AvgIpc) is 3.13. The molecule has 0 radical (unpaired) electrons. The fourth-order valence-electron chi connectivity index (χ4n) is 4.88. The standard InChI is InChI=1S/C26H25FN2O/c27-20-11-9-18(10-12-20)17-28-26(30)19-13-15-29(16-14-19)25-23-7-3-1-5-21(23)22-6-2-4-8-24(22)25/h1-12,19,25H,13-17H2,(H,28,30). The van der Waals surface area contributed by atoms with Crippen LogP contribution in [0.2, 0.25) is 0 Å². The second kappa shape index (κ2) is 8.04. The molecule has 0 atom stereocenters. The number of nitrogens with zero attached hydrogens (tertiary/aromatic N) is 1. The number of nitrogens with one attached hydrogen (secondary N) is 1. The molecule has 3 aromatic carbocycles. The van der Waals surface area contributed by atoms with Crippen LogP contribution in [0.1, 0.15) is 35.6 Å². The van der Waals surface area contributed by atoms with Crippen LogP contribution in [0.4, 0.5) is 4.39 Å². The van der Waals surface area contributed by atoms with Crippen LogP contribution < -0.4 is 5.32 Å². The molecule has 5 rings (SSSR count). The number of benzene rings is 3. The quantitative estimate of drug-likeness (QED) is 0.674. The zero-order valence-corrected chi connectivity index (χ0v) is 16.9. The highest BCUT2D eigenvalue weighted by Gasteiger charge is 2.35. The van der Waals surface area contributed by atoms with E-state index in [0.717, 1.165) is 31.5 Å². The van der Waals surface area contributed by atoms with Crippen molar-refractivity contribution in [2.24, 2.45) is 5.92 Å². The molecule has 0 spiro atoms. The first kappa shape index (κ1) is 19.0. The molecular weight excluding hydrogens is 375 g/mol. The zero-order chi connectivity index (χ0) is 20.5. The molecule has 0 saturated carbocycles. The van der Waals surface area contributed by atoms with Crippen LogP contribution in [0.5, 0.6) is 0 Å². The minimum absolute atomic E-state index is 0.0357. The lowest BCUT2D eigenvalue weighted by Gasteiger charge is -2.36. The molecule has 0 unspecified atom stereocenters. The second-order valence-electron chi connectivity index (χ2n) is 8.23. The van der Waals surface area contributed by atoms with Gasteiger partial charge in [0.2, 0.25) is 5.91 Å². The van der Waals surface area contributed by atoms with Crippen molar-refractivity contribution in [2.75, 3.05) is 13.1 Å². The first-order valence-corrected chi connectivity index (χ1v) is 10.6. The van der Waals surface area contributed by atoms with Crippen molar-refractivity contribution in [2.45, 2.75) is 25.4 Å². The number of piperidine rings is 1. The Balaban J connectivity index is 1.24. The van der Waals surface area contributed by atoms with Crippen molar-refractivity contribution in [3.8, 4) is 11.1 Å². The molecule has 3 nitrogen and oxygen atoms in total. The van der Waals surface area contributed by atoms with Gasteiger partial charge in [0.05, 0.1) is 6.04 Å². The number of amides is 1. The van der Waals surface area contributed by atoms with E-state index >= 15 is 0 Å². The van der Waals surface area contributed by atoms with Gasteiger partial charge in [-0.1, -0.05) is 60.7 Å². The normalized spacial score (nSPS) is 16.8. The van der Waals surface area contributed by atoms with Gasteiger partial charge in [0, 0.05) is 12.5 Å². The molecule has 1 aliphatic heterocycles. The first-order chi connectivity index (χ1) is 14.7. The van der Waals surface area contributed by atoms with Crippen LogP contribution in [0.25, 0.3) is 11.1 Å². The maximum Gasteiger partial charge on any atom is 0.223 e.